The lowest BCUT2D eigenvalue weighted by Crippen LogP contribution is -2.12. The maximum absolute atomic E-state index is 6.27. The van der Waals surface area contributed by atoms with Gasteiger partial charge in [-0.2, -0.15) is 0 Å². The monoisotopic (exact) mass is 335 g/mol. The lowest BCUT2D eigenvalue weighted by atomic mass is 9.98. The highest BCUT2D eigenvalue weighted by Gasteiger charge is 2.31. The molecule has 2 nitrogen and oxygen atoms in total. The van der Waals surface area contributed by atoms with Crippen molar-refractivity contribution in [3.05, 3.63) is 33.5 Å². The molecule has 1 fully saturated rings. The number of hydrogen-bond acceptors (Lipinski definition) is 2. The second kappa shape index (κ2) is 5.53. The van der Waals surface area contributed by atoms with E-state index in [9.17, 15) is 0 Å². The Balaban J connectivity index is 2.19. The number of halogens is 1. The molecule has 0 atom stereocenters. The van der Waals surface area contributed by atoms with E-state index in [1.807, 2.05) is 0 Å². The van der Waals surface area contributed by atoms with Gasteiger partial charge in [0.15, 0.2) is 0 Å². The van der Waals surface area contributed by atoms with Crippen LogP contribution >= 0.6 is 15.9 Å². The van der Waals surface area contributed by atoms with Gasteiger partial charge in [0, 0.05) is 15.4 Å². The molecular weight excluding hydrogens is 314 g/mol. The van der Waals surface area contributed by atoms with E-state index in [2.05, 4.69) is 54.2 Å². The quantitative estimate of drug-likeness (QED) is 0.801. The van der Waals surface area contributed by atoms with Crippen molar-refractivity contribution in [3.8, 4) is 0 Å². The van der Waals surface area contributed by atoms with Crippen LogP contribution in [0, 0.1) is 0 Å². The molecule has 0 unspecified atom stereocenters. The van der Waals surface area contributed by atoms with Crippen molar-refractivity contribution in [1.29, 1.82) is 0 Å². The highest BCUT2D eigenvalue weighted by molar-refractivity contribution is 9.10. The van der Waals surface area contributed by atoms with Crippen LogP contribution in [0.5, 0.6) is 0 Å². The Morgan fingerprint density at radius 2 is 2.10 bits per heavy atom. The summed E-state index contributed by atoms with van der Waals surface area (Å²) in [6, 6.07) is 4.43. The Bertz CT molecular complexity index is 625. The largest absolute Gasteiger partial charge is 0.459 e. The predicted molar refractivity (Wildman–Crippen MR) is 87.4 cm³/mol. The average Bonchev–Trinajstić information content (AvgIpc) is 3.17. The van der Waals surface area contributed by atoms with Gasteiger partial charge < -0.3 is 9.73 Å². The van der Waals surface area contributed by atoms with Crippen molar-refractivity contribution in [3.63, 3.8) is 0 Å². The zero-order valence-electron chi connectivity index (χ0n) is 12.4. The molecule has 3 rings (SSSR count). The van der Waals surface area contributed by atoms with Crippen LogP contribution in [0.2, 0.25) is 0 Å². The van der Waals surface area contributed by atoms with Crippen molar-refractivity contribution in [2.75, 3.05) is 6.54 Å². The zero-order valence-corrected chi connectivity index (χ0v) is 14.0. The van der Waals surface area contributed by atoms with Crippen molar-refractivity contribution in [2.45, 2.75) is 52.0 Å². The fourth-order valence-corrected chi connectivity index (χ4v) is 3.35. The van der Waals surface area contributed by atoms with Gasteiger partial charge in [-0.05, 0) is 48.9 Å². The minimum Gasteiger partial charge on any atom is -0.459 e. The zero-order chi connectivity index (χ0) is 14.3. The Labute approximate surface area is 129 Å². The maximum atomic E-state index is 6.27. The Kier molecular flexibility index (Phi) is 3.91. The van der Waals surface area contributed by atoms with Gasteiger partial charge in [-0.25, -0.2) is 0 Å². The van der Waals surface area contributed by atoms with Gasteiger partial charge in [-0.1, -0.05) is 36.7 Å². The molecule has 0 radical (unpaired) electrons. The number of rotatable bonds is 5. The first-order valence-electron chi connectivity index (χ1n) is 7.57. The molecule has 1 saturated carbocycles. The highest BCUT2D eigenvalue weighted by Crippen LogP contribution is 2.47. The molecule has 0 spiro atoms. The lowest BCUT2D eigenvalue weighted by molar-refractivity contribution is 0.510. The first kappa shape index (κ1) is 14.2. The summed E-state index contributed by atoms with van der Waals surface area (Å²) < 4.78 is 7.43. The molecule has 1 aromatic heterocycles. The highest BCUT2D eigenvalue weighted by atomic mass is 79.9. The minimum atomic E-state index is 0.472. The van der Waals surface area contributed by atoms with Gasteiger partial charge in [0.1, 0.15) is 11.3 Å². The second-order valence-electron chi connectivity index (χ2n) is 6.02. The van der Waals surface area contributed by atoms with Crippen LogP contribution in [-0.2, 0) is 6.54 Å². The van der Waals surface area contributed by atoms with E-state index >= 15 is 0 Å². The van der Waals surface area contributed by atoms with Crippen LogP contribution in [0.1, 0.15) is 62.3 Å². The third-order valence-corrected chi connectivity index (χ3v) is 4.50. The van der Waals surface area contributed by atoms with E-state index in [0.717, 1.165) is 28.9 Å². The summed E-state index contributed by atoms with van der Waals surface area (Å²) in [7, 11) is 0. The summed E-state index contributed by atoms with van der Waals surface area (Å²) >= 11 is 3.66. The SMILES string of the molecule is CCNCc1oc2c(C(C)C)cc(Br)cc2c1C1CC1. The summed E-state index contributed by atoms with van der Waals surface area (Å²) in [6.07, 6.45) is 2.61. The van der Waals surface area contributed by atoms with Gasteiger partial charge in [0.05, 0.1) is 6.54 Å². The predicted octanol–water partition coefficient (Wildman–Crippen LogP) is 5.31. The maximum Gasteiger partial charge on any atom is 0.138 e. The van der Waals surface area contributed by atoms with E-state index in [0.29, 0.717) is 11.8 Å². The molecule has 0 bridgehead atoms. The summed E-state index contributed by atoms with van der Waals surface area (Å²) in [5.74, 6) is 2.32. The number of benzene rings is 1. The molecule has 20 heavy (non-hydrogen) atoms. The molecular formula is C17H22BrNO. The fourth-order valence-electron chi connectivity index (χ4n) is 2.88. The molecule has 2 aromatic rings. The second-order valence-corrected chi connectivity index (χ2v) is 6.94. The molecule has 108 valence electrons. The van der Waals surface area contributed by atoms with E-state index in [-0.39, 0.29) is 0 Å². The number of furan rings is 1. The Hall–Kier alpha value is -0.800. The van der Waals surface area contributed by atoms with Crippen LogP contribution in [0.3, 0.4) is 0 Å². The van der Waals surface area contributed by atoms with Gasteiger partial charge >= 0.3 is 0 Å². The molecule has 1 heterocycles. The van der Waals surface area contributed by atoms with Crippen LogP contribution in [0.25, 0.3) is 11.0 Å². The summed E-state index contributed by atoms with van der Waals surface area (Å²) in [6.45, 7) is 8.40. The lowest BCUT2D eigenvalue weighted by Gasteiger charge is -2.07. The first-order chi connectivity index (χ1) is 9.61. The van der Waals surface area contributed by atoms with Gasteiger partial charge in [0.25, 0.3) is 0 Å². The number of fused-ring (bicyclic) bond motifs is 1. The summed E-state index contributed by atoms with van der Waals surface area (Å²) in [5.41, 5.74) is 3.85. The molecule has 1 aliphatic carbocycles. The van der Waals surface area contributed by atoms with Crippen molar-refractivity contribution < 1.29 is 4.42 Å². The van der Waals surface area contributed by atoms with Crippen LogP contribution in [0.4, 0.5) is 0 Å². The molecule has 0 saturated heterocycles. The van der Waals surface area contributed by atoms with Crippen LogP contribution < -0.4 is 5.32 Å². The minimum absolute atomic E-state index is 0.472. The number of hydrogen-bond donors (Lipinski definition) is 1. The van der Waals surface area contributed by atoms with E-state index in [1.165, 1.54) is 29.4 Å². The van der Waals surface area contributed by atoms with Crippen LogP contribution in [0.15, 0.2) is 21.0 Å². The van der Waals surface area contributed by atoms with E-state index < -0.39 is 0 Å². The molecule has 0 aliphatic heterocycles. The standard InChI is InChI=1S/C17H22BrNO/c1-4-19-9-15-16(11-5-6-11)14-8-12(18)7-13(10(2)3)17(14)20-15/h7-8,10-11,19H,4-6,9H2,1-3H3. The van der Waals surface area contributed by atoms with Crippen molar-refractivity contribution in [2.24, 2.45) is 0 Å². The fraction of sp³-hybridized carbons (Fsp3) is 0.529. The third-order valence-electron chi connectivity index (χ3n) is 4.04. The first-order valence-corrected chi connectivity index (χ1v) is 8.36. The Morgan fingerprint density at radius 3 is 2.70 bits per heavy atom. The smallest absolute Gasteiger partial charge is 0.138 e. The van der Waals surface area contributed by atoms with Gasteiger partial charge in [0.2, 0.25) is 0 Å². The van der Waals surface area contributed by atoms with Crippen molar-refractivity contribution >= 4 is 26.9 Å². The average molecular weight is 336 g/mol. The van der Waals surface area contributed by atoms with Crippen LogP contribution in [-0.4, -0.2) is 6.54 Å². The summed E-state index contributed by atoms with van der Waals surface area (Å²) in [4.78, 5) is 0. The normalized spacial score (nSPS) is 15.4. The van der Waals surface area contributed by atoms with E-state index in [4.69, 9.17) is 4.42 Å². The van der Waals surface area contributed by atoms with E-state index in [1.54, 1.807) is 0 Å². The molecule has 1 aliphatic rings. The van der Waals surface area contributed by atoms with Gasteiger partial charge in [-0.15, -0.1) is 0 Å². The molecule has 0 amide bonds. The molecule has 3 heteroatoms. The molecule has 1 aromatic carbocycles. The number of nitrogens with one attached hydrogen (secondary N) is 1. The topological polar surface area (TPSA) is 25.2 Å². The molecule has 1 N–H and O–H groups in total. The van der Waals surface area contributed by atoms with Gasteiger partial charge in [-0.3, -0.25) is 0 Å². The Morgan fingerprint density at radius 1 is 1.35 bits per heavy atom. The summed E-state index contributed by atoms with van der Waals surface area (Å²) in [5, 5.41) is 4.72. The third kappa shape index (κ3) is 2.53. The van der Waals surface area contributed by atoms with Crippen molar-refractivity contribution in [1.82, 2.24) is 5.32 Å².